The van der Waals surface area contributed by atoms with Gasteiger partial charge in [-0.1, -0.05) is 6.92 Å². The highest BCUT2D eigenvalue weighted by molar-refractivity contribution is 7.91. The molecular weight excluding hydrogens is 292 g/mol. The second-order valence-electron chi connectivity index (χ2n) is 3.78. The molecule has 0 saturated carbocycles. The highest BCUT2D eigenvalue weighted by Crippen LogP contribution is 2.28. The number of rotatable bonds is 4. The van der Waals surface area contributed by atoms with Crippen LogP contribution in [0, 0.1) is 0 Å². The van der Waals surface area contributed by atoms with Crippen molar-refractivity contribution in [2.24, 2.45) is 5.73 Å². The summed E-state index contributed by atoms with van der Waals surface area (Å²) in [6, 6.07) is -0.508. The number of sulfone groups is 1. The number of primary amides is 1. The van der Waals surface area contributed by atoms with Gasteiger partial charge < -0.3 is 10.6 Å². The molecule has 0 atom stereocenters. The lowest BCUT2D eigenvalue weighted by atomic mass is 10.3. The van der Waals surface area contributed by atoms with E-state index in [-0.39, 0.29) is 21.3 Å². The lowest BCUT2D eigenvalue weighted by Gasteiger charge is -2.11. The van der Waals surface area contributed by atoms with Crippen molar-refractivity contribution < 1.29 is 18.0 Å². The Kier molecular flexibility index (Phi) is 4.48. The highest BCUT2D eigenvalue weighted by atomic mass is 32.2. The minimum absolute atomic E-state index is 0.0261. The van der Waals surface area contributed by atoms with Crippen LogP contribution in [0.5, 0.6) is 0 Å². The van der Waals surface area contributed by atoms with Gasteiger partial charge >= 0.3 is 6.03 Å². The minimum Gasteiger partial charge on any atom is -0.365 e. The van der Waals surface area contributed by atoms with Crippen LogP contribution < -0.4 is 11.1 Å². The van der Waals surface area contributed by atoms with Crippen LogP contribution in [-0.2, 0) is 9.84 Å². The largest absolute Gasteiger partial charge is 0.365 e. The normalized spacial score (nSPS) is 11.1. The van der Waals surface area contributed by atoms with Crippen molar-refractivity contribution in [3.05, 3.63) is 5.56 Å². The van der Waals surface area contributed by atoms with Gasteiger partial charge in [0.15, 0.2) is 14.9 Å². The average Bonchev–Trinajstić information content (AvgIpc) is 2.73. The third-order valence-electron chi connectivity index (χ3n) is 2.21. The van der Waals surface area contributed by atoms with Crippen molar-refractivity contribution in [2.45, 2.75) is 11.9 Å². The van der Waals surface area contributed by atoms with E-state index in [2.05, 4.69) is 9.69 Å². The third-order valence-corrected chi connectivity index (χ3v) is 4.73. The van der Waals surface area contributed by atoms with Gasteiger partial charge in [-0.25, -0.2) is 13.2 Å². The second kappa shape index (κ2) is 5.53. The molecule has 1 heterocycles. The van der Waals surface area contributed by atoms with Crippen LogP contribution in [0.25, 0.3) is 0 Å². The molecule has 0 spiro atoms. The zero-order chi connectivity index (χ0) is 14.8. The summed E-state index contributed by atoms with van der Waals surface area (Å²) >= 11 is 0.704. The smallest absolute Gasteiger partial charge is 0.321 e. The van der Waals surface area contributed by atoms with E-state index in [9.17, 15) is 18.0 Å². The molecule has 0 bridgehead atoms. The fraction of sp³-hybridized carbons (Fsp3) is 0.444. The van der Waals surface area contributed by atoms with Crippen LogP contribution >= 0.6 is 11.5 Å². The Balaban J connectivity index is 3.30. The number of aromatic nitrogens is 1. The van der Waals surface area contributed by atoms with Crippen molar-refractivity contribution >= 4 is 38.3 Å². The molecule has 1 rings (SSSR count). The number of nitrogens with one attached hydrogen (secondary N) is 1. The Morgan fingerprint density at radius 2 is 2.00 bits per heavy atom. The molecule has 0 aromatic carbocycles. The van der Waals surface area contributed by atoms with E-state index in [0.717, 1.165) is 0 Å². The van der Waals surface area contributed by atoms with Gasteiger partial charge in [0, 0.05) is 14.1 Å². The van der Waals surface area contributed by atoms with Crippen LogP contribution in [-0.4, -0.2) is 49.5 Å². The number of urea groups is 1. The van der Waals surface area contributed by atoms with E-state index in [4.69, 9.17) is 5.73 Å². The number of hydrogen-bond donors (Lipinski definition) is 2. The number of carbonyl (C=O) groups excluding carboxylic acids is 2. The van der Waals surface area contributed by atoms with E-state index in [1.165, 1.54) is 25.9 Å². The minimum atomic E-state index is -3.68. The van der Waals surface area contributed by atoms with Crippen LogP contribution in [0.4, 0.5) is 9.80 Å². The van der Waals surface area contributed by atoms with Gasteiger partial charge in [0.1, 0.15) is 10.6 Å². The number of hydrogen-bond acceptors (Lipinski definition) is 6. The maximum absolute atomic E-state index is 11.8. The van der Waals surface area contributed by atoms with E-state index in [1.807, 2.05) is 0 Å². The zero-order valence-corrected chi connectivity index (χ0v) is 12.3. The zero-order valence-electron chi connectivity index (χ0n) is 10.6. The Morgan fingerprint density at radius 1 is 1.42 bits per heavy atom. The lowest BCUT2D eigenvalue weighted by Crippen LogP contribution is -2.28. The molecule has 1 aromatic rings. The standard InChI is InChI=1S/C9H14N4O4S2/c1-4-19(16,17)8-5(6(10)14)7(18-12-8)11-9(15)13(2)3/h4H2,1-3H3,(H2,10,14)(H,11,15). The number of carbonyl (C=O) groups is 2. The van der Waals surface area contributed by atoms with E-state index in [0.29, 0.717) is 11.5 Å². The topological polar surface area (TPSA) is 122 Å². The van der Waals surface area contributed by atoms with Crippen LogP contribution in [0.2, 0.25) is 0 Å². The van der Waals surface area contributed by atoms with Gasteiger partial charge in [-0.3, -0.25) is 10.1 Å². The summed E-state index contributed by atoms with van der Waals surface area (Å²) in [6.45, 7) is 1.43. The first-order valence-electron chi connectivity index (χ1n) is 5.21. The molecule has 19 heavy (non-hydrogen) atoms. The molecule has 10 heteroatoms. The predicted molar refractivity (Wildman–Crippen MR) is 71.1 cm³/mol. The van der Waals surface area contributed by atoms with Gasteiger partial charge in [0.2, 0.25) is 0 Å². The molecule has 0 aliphatic carbocycles. The number of amides is 3. The maximum atomic E-state index is 11.8. The summed E-state index contributed by atoms with van der Waals surface area (Å²) in [5, 5.41) is 2.02. The Morgan fingerprint density at radius 3 is 2.42 bits per heavy atom. The summed E-state index contributed by atoms with van der Waals surface area (Å²) in [4.78, 5) is 24.1. The lowest BCUT2D eigenvalue weighted by molar-refractivity contribution is 0.0998. The summed E-state index contributed by atoms with van der Waals surface area (Å²) in [5.41, 5.74) is 4.89. The van der Waals surface area contributed by atoms with Gasteiger partial charge in [-0.15, -0.1) is 0 Å². The second-order valence-corrected chi connectivity index (χ2v) is 6.75. The molecule has 1 aromatic heterocycles. The molecular formula is C9H14N4O4S2. The molecule has 0 aliphatic rings. The molecule has 0 unspecified atom stereocenters. The van der Waals surface area contributed by atoms with E-state index >= 15 is 0 Å². The molecule has 0 saturated heterocycles. The Labute approximate surface area is 114 Å². The van der Waals surface area contributed by atoms with Crippen molar-refractivity contribution in [3.8, 4) is 0 Å². The van der Waals surface area contributed by atoms with Gasteiger partial charge in [0.05, 0.1) is 5.75 Å². The average molecular weight is 306 g/mol. The summed E-state index contributed by atoms with van der Waals surface area (Å²) in [5.74, 6) is -1.16. The van der Waals surface area contributed by atoms with Gasteiger partial charge in [-0.2, -0.15) is 4.37 Å². The Bertz CT molecular complexity index is 606. The Hall–Kier alpha value is -1.68. The van der Waals surface area contributed by atoms with Crippen molar-refractivity contribution in [1.82, 2.24) is 9.27 Å². The molecule has 3 N–H and O–H groups in total. The molecule has 0 radical (unpaired) electrons. The quantitative estimate of drug-likeness (QED) is 0.818. The maximum Gasteiger partial charge on any atom is 0.321 e. The van der Waals surface area contributed by atoms with Crippen molar-refractivity contribution in [1.29, 1.82) is 0 Å². The van der Waals surface area contributed by atoms with Crippen LogP contribution in [0.15, 0.2) is 5.03 Å². The summed E-state index contributed by atoms with van der Waals surface area (Å²) in [6.07, 6.45) is 0. The van der Waals surface area contributed by atoms with E-state index < -0.39 is 21.8 Å². The first-order valence-corrected chi connectivity index (χ1v) is 7.63. The first kappa shape index (κ1) is 15.4. The molecule has 0 aliphatic heterocycles. The van der Waals surface area contributed by atoms with E-state index in [1.54, 1.807) is 0 Å². The molecule has 0 fully saturated rings. The summed E-state index contributed by atoms with van der Waals surface area (Å²) < 4.78 is 27.3. The fourth-order valence-electron chi connectivity index (χ4n) is 1.14. The summed E-state index contributed by atoms with van der Waals surface area (Å²) in [7, 11) is -0.668. The molecule has 106 valence electrons. The number of nitrogens with two attached hydrogens (primary N) is 1. The van der Waals surface area contributed by atoms with Crippen molar-refractivity contribution in [2.75, 3.05) is 25.2 Å². The fourth-order valence-corrected chi connectivity index (χ4v) is 3.24. The van der Waals surface area contributed by atoms with Gasteiger partial charge in [0.25, 0.3) is 5.91 Å². The number of anilines is 1. The van der Waals surface area contributed by atoms with Crippen molar-refractivity contribution in [3.63, 3.8) is 0 Å². The highest BCUT2D eigenvalue weighted by Gasteiger charge is 2.28. The predicted octanol–water partition coefficient (Wildman–Crippen LogP) is 0.129. The first-order chi connectivity index (χ1) is 8.70. The number of nitrogens with zero attached hydrogens (tertiary/aromatic N) is 2. The monoisotopic (exact) mass is 306 g/mol. The third kappa shape index (κ3) is 3.20. The molecule has 3 amide bonds. The van der Waals surface area contributed by atoms with Crippen LogP contribution in [0.1, 0.15) is 17.3 Å². The van der Waals surface area contributed by atoms with Crippen LogP contribution in [0.3, 0.4) is 0 Å². The molecule has 8 nitrogen and oxygen atoms in total. The SMILES string of the molecule is CCS(=O)(=O)c1nsc(NC(=O)N(C)C)c1C(N)=O. The van der Waals surface area contributed by atoms with Gasteiger partial charge in [-0.05, 0) is 11.5 Å².